The molecule has 8 aromatic carbocycles. The van der Waals surface area contributed by atoms with Gasteiger partial charge in [0.15, 0.2) is 0 Å². The highest BCUT2D eigenvalue weighted by Crippen LogP contribution is 2.54. The Morgan fingerprint density at radius 1 is 0.596 bits per heavy atom. The number of hydrogen-bond acceptors (Lipinski definition) is 4. The Labute approximate surface area is 309 Å². The molecule has 0 radical (unpaired) electrons. The quantitative estimate of drug-likeness (QED) is 0.174. The van der Waals surface area contributed by atoms with Gasteiger partial charge in [0.05, 0.1) is 21.6 Å². The molecule has 0 saturated heterocycles. The summed E-state index contributed by atoms with van der Waals surface area (Å²) < 4.78 is 29.5. The normalized spacial score (nSPS) is 13.7. The van der Waals surface area contributed by atoms with Crippen molar-refractivity contribution < 1.29 is 4.11 Å². The molecule has 0 bridgehead atoms. The minimum atomic E-state index is -2.40. The number of benzene rings is 8. The Kier molecular flexibility index (Phi) is 5.79. The highest BCUT2D eigenvalue weighted by molar-refractivity contribution is 7.26. The smallest absolute Gasteiger partial charge is 0.332 e. The third-order valence-corrected chi connectivity index (χ3v) is 11.8. The molecule has 1 aliphatic rings. The average Bonchev–Trinajstić information content (AvgIpc) is 3.62. The summed E-state index contributed by atoms with van der Waals surface area (Å²) in [5.74, 6) is 0.552. The van der Waals surface area contributed by atoms with Crippen LogP contribution in [0.2, 0.25) is 0 Å². The Morgan fingerprint density at radius 3 is 2.06 bits per heavy atom. The molecule has 242 valence electrons. The molecule has 5 heteroatoms. The van der Waals surface area contributed by atoms with Crippen molar-refractivity contribution in [3.8, 4) is 22.4 Å². The molecular formula is C47H30BN3S. The van der Waals surface area contributed by atoms with E-state index in [2.05, 4.69) is 108 Å². The summed E-state index contributed by atoms with van der Waals surface area (Å²) in [6, 6.07) is 56.1. The lowest BCUT2D eigenvalue weighted by Crippen LogP contribution is -2.58. The van der Waals surface area contributed by atoms with Gasteiger partial charge >= 0.3 is 6.85 Å². The van der Waals surface area contributed by atoms with Gasteiger partial charge < -0.3 is 4.81 Å². The molecule has 0 unspecified atom stereocenters. The largest absolute Gasteiger partial charge is 0.344 e. The van der Waals surface area contributed by atoms with E-state index in [9.17, 15) is 0 Å². The molecule has 11 rings (SSSR count). The van der Waals surface area contributed by atoms with Crippen molar-refractivity contribution >= 4 is 93.4 Å². The van der Waals surface area contributed by atoms with Crippen LogP contribution in [-0.2, 0) is 0 Å². The van der Waals surface area contributed by atoms with Crippen molar-refractivity contribution in [2.45, 2.75) is 6.85 Å². The first kappa shape index (κ1) is 26.5. The molecule has 1 aliphatic heterocycles. The van der Waals surface area contributed by atoms with Gasteiger partial charge in [0.1, 0.15) is 0 Å². The Bertz CT molecular complexity index is 3160. The molecule has 0 saturated carbocycles. The van der Waals surface area contributed by atoms with E-state index in [-0.39, 0.29) is 0 Å². The maximum atomic E-state index is 9.08. The molecule has 0 spiro atoms. The number of anilines is 2. The van der Waals surface area contributed by atoms with Crippen molar-refractivity contribution in [2.75, 3.05) is 4.81 Å². The Hall–Kier alpha value is -6.30. The first-order chi connectivity index (χ1) is 27.0. The third kappa shape index (κ3) is 4.20. The minimum absolute atomic E-state index is 0.345. The van der Waals surface area contributed by atoms with Gasteiger partial charge in [0.25, 0.3) is 0 Å². The highest BCUT2D eigenvalue weighted by Gasteiger charge is 2.43. The van der Waals surface area contributed by atoms with E-state index in [1.807, 2.05) is 60.7 Å². The van der Waals surface area contributed by atoms with Gasteiger partial charge in [-0.1, -0.05) is 157 Å². The summed E-state index contributed by atoms with van der Waals surface area (Å²) in [5, 5.41) is 7.25. The van der Waals surface area contributed by atoms with Gasteiger partial charge in [-0.3, -0.25) is 0 Å². The maximum Gasteiger partial charge on any atom is 0.332 e. The lowest BCUT2D eigenvalue weighted by molar-refractivity contribution is 1.16. The molecule has 3 nitrogen and oxygen atoms in total. The fourth-order valence-electron chi connectivity index (χ4n) is 8.46. The predicted octanol–water partition coefficient (Wildman–Crippen LogP) is 11.2. The van der Waals surface area contributed by atoms with Crippen molar-refractivity contribution in [3.05, 3.63) is 169 Å². The zero-order chi connectivity index (χ0) is 36.8. The topological polar surface area (TPSA) is 29.0 Å². The van der Waals surface area contributed by atoms with Crippen LogP contribution in [0.25, 0.3) is 75.0 Å². The number of aromatic nitrogens is 2. The molecular weight excluding hydrogens is 649 g/mol. The summed E-state index contributed by atoms with van der Waals surface area (Å²) in [7, 11) is 0. The lowest BCUT2D eigenvalue weighted by atomic mass is 9.44. The monoisotopic (exact) mass is 682 g/mol. The molecule has 0 aliphatic carbocycles. The van der Waals surface area contributed by atoms with Gasteiger partial charge in [-0.2, -0.15) is 0 Å². The number of aryl methyl sites for hydroxylation is 1. The van der Waals surface area contributed by atoms with E-state index in [1.54, 1.807) is 11.3 Å². The van der Waals surface area contributed by atoms with Gasteiger partial charge in [-0.05, 0) is 57.1 Å². The van der Waals surface area contributed by atoms with E-state index < -0.39 is 13.7 Å². The summed E-state index contributed by atoms with van der Waals surface area (Å²) in [5.41, 5.74) is 7.55. The molecule has 0 amide bonds. The van der Waals surface area contributed by atoms with E-state index >= 15 is 0 Å². The number of para-hydroxylation sites is 1. The van der Waals surface area contributed by atoms with Crippen LogP contribution in [0.15, 0.2) is 164 Å². The highest BCUT2D eigenvalue weighted by atomic mass is 32.1. The molecule has 52 heavy (non-hydrogen) atoms. The van der Waals surface area contributed by atoms with Crippen LogP contribution in [0.3, 0.4) is 0 Å². The van der Waals surface area contributed by atoms with Gasteiger partial charge in [0.2, 0.25) is 5.95 Å². The molecule has 3 heterocycles. The van der Waals surface area contributed by atoms with Crippen LogP contribution in [0.5, 0.6) is 0 Å². The molecule has 10 aromatic rings. The Balaban J connectivity index is 1.41. The molecule has 0 N–H and O–H groups in total. The number of thiophene rings is 1. The summed E-state index contributed by atoms with van der Waals surface area (Å²) in [6.07, 6.45) is 0. The zero-order valence-corrected chi connectivity index (χ0v) is 28.7. The summed E-state index contributed by atoms with van der Waals surface area (Å²) in [6.45, 7) is -2.87. The van der Waals surface area contributed by atoms with Gasteiger partial charge in [-0.15, -0.1) is 11.3 Å². The fraction of sp³-hybridized carbons (Fsp3) is 0.0213. The van der Waals surface area contributed by atoms with E-state index in [0.29, 0.717) is 11.5 Å². The van der Waals surface area contributed by atoms with E-state index in [0.717, 1.165) is 86.2 Å². The Morgan fingerprint density at radius 2 is 1.25 bits per heavy atom. The summed E-state index contributed by atoms with van der Waals surface area (Å²) in [4.78, 5) is 13.3. The van der Waals surface area contributed by atoms with Crippen molar-refractivity contribution in [2.24, 2.45) is 0 Å². The molecule has 2 aromatic heterocycles. The SMILES string of the molecule is [2H]C([2H])([2H])c1cc2ccccc2c2c1-c1c(c3sc4ccccc4c3c3ccccc13)N(c1nc(-c3ccccc3)c3ccccc3n1)B2c1ccccc1. The first-order valence-electron chi connectivity index (χ1n) is 19.0. The van der Waals surface area contributed by atoms with Gasteiger partial charge in [0, 0.05) is 36.1 Å². The second kappa shape index (κ2) is 11.4. The predicted molar refractivity (Wildman–Crippen MR) is 223 cm³/mol. The van der Waals surface area contributed by atoms with Crippen LogP contribution >= 0.6 is 11.3 Å². The van der Waals surface area contributed by atoms with Crippen LogP contribution in [0, 0.1) is 6.85 Å². The van der Waals surface area contributed by atoms with Gasteiger partial charge in [-0.25, -0.2) is 9.97 Å². The third-order valence-electron chi connectivity index (χ3n) is 10.6. The van der Waals surface area contributed by atoms with Crippen molar-refractivity contribution in [1.29, 1.82) is 0 Å². The number of rotatable bonds is 3. The molecule has 0 fully saturated rings. The first-order valence-corrected chi connectivity index (χ1v) is 18.4. The average molecular weight is 683 g/mol. The van der Waals surface area contributed by atoms with Crippen LogP contribution in [0.4, 0.5) is 11.6 Å². The van der Waals surface area contributed by atoms with Crippen LogP contribution < -0.4 is 15.7 Å². The van der Waals surface area contributed by atoms with Crippen LogP contribution in [0.1, 0.15) is 9.68 Å². The molecule has 0 atom stereocenters. The number of nitrogens with zero attached hydrogens (tertiary/aromatic N) is 3. The van der Waals surface area contributed by atoms with Crippen molar-refractivity contribution in [1.82, 2.24) is 9.97 Å². The minimum Gasteiger partial charge on any atom is -0.344 e. The second-order valence-corrected chi connectivity index (χ2v) is 14.5. The fourth-order valence-corrected chi connectivity index (χ4v) is 9.73. The number of hydrogen-bond donors (Lipinski definition) is 0. The summed E-state index contributed by atoms with van der Waals surface area (Å²) >= 11 is 1.74. The van der Waals surface area contributed by atoms with Crippen LogP contribution in [-0.4, -0.2) is 16.8 Å². The maximum absolute atomic E-state index is 9.08. The van der Waals surface area contributed by atoms with E-state index in [4.69, 9.17) is 14.1 Å². The second-order valence-electron chi connectivity index (χ2n) is 13.4. The zero-order valence-electron chi connectivity index (χ0n) is 30.9. The van der Waals surface area contributed by atoms with Crippen molar-refractivity contribution in [3.63, 3.8) is 0 Å². The van der Waals surface area contributed by atoms with E-state index in [1.165, 1.54) is 5.39 Å². The number of fused-ring (bicyclic) bond motifs is 13. The standard InChI is InChI=1S/C47H30BN3S/c1-29-28-31-18-8-9-21-33(31)43-40(29)42-35-23-11-10-22-34(35)41-37-25-13-15-27-39(37)52-46(41)45(42)51(48(43)32-19-6-3-7-20-32)47-49-38-26-14-12-24-36(38)44(50-47)30-16-4-2-5-17-30/h2-28H,1H3/i1D3. The lowest BCUT2D eigenvalue weighted by Gasteiger charge is -2.40.